The van der Waals surface area contributed by atoms with Crippen LogP contribution in [0.4, 0.5) is 4.79 Å². The van der Waals surface area contributed by atoms with E-state index < -0.39 is 17.7 Å². The van der Waals surface area contributed by atoms with Crippen molar-refractivity contribution in [3.05, 3.63) is 0 Å². The third kappa shape index (κ3) is 2.07. The summed E-state index contributed by atoms with van der Waals surface area (Å²) in [6.07, 6.45) is 1.46. The molecule has 0 bridgehead atoms. The molecule has 1 aliphatic carbocycles. The van der Waals surface area contributed by atoms with Crippen molar-refractivity contribution in [1.29, 1.82) is 0 Å². The number of carbonyl (C=O) groups is 3. The summed E-state index contributed by atoms with van der Waals surface area (Å²) in [7, 11) is 0. The molecule has 0 unspecified atom stereocenters. The van der Waals surface area contributed by atoms with Gasteiger partial charge in [0.15, 0.2) is 5.60 Å². The predicted molar refractivity (Wildman–Crippen MR) is 60.8 cm³/mol. The predicted octanol–water partition coefficient (Wildman–Crippen LogP) is 1.39. The van der Waals surface area contributed by atoms with Gasteiger partial charge in [0.25, 0.3) is 5.91 Å². The van der Waals surface area contributed by atoms with Gasteiger partial charge in [-0.15, -0.1) is 0 Å². The molecule has 2 rings (SSSR count). The van der Waals surface area contributed by atoms with Crippen molar-refractivity contribution in [2.75, 3.05) is 0 Å². The second-order valence-corrected chi connectivity index (χ2v) is 5.40. The number of rotatable bonds is 2. The molecule has 2 aliphatic rings. The fourth-order valence-electron chi connectivity index (χ4n) is 2.58. The van der Waals surface area contributed by atoms with Crippen LogP contribution in [0.1, 0.15) is 39.5 Å². The Bertz CT molecular complexity index is 395. The molecular formula is C12H17NO5. The number of imide groups is 1. The number of carboxylic acids is 1. The lowest BCUT2D eigenvalue weighted by Crippen LogP contribution is -2.45. The largest absolute Gasteiger partial charge is 0.481 e. The first-order chi connectivity index (χ1) is 8.33. The minimum atomic E-state index is -1.10. The molecule has 2 fully saturated rings. The van der Waals surface area contributed by atoms with Crippen LogP contribution >= 0.6 is 0 Å². The third-order valence-corrected chi connectivity index (χ3v) is 3.68. The van der Waals surface area contributed by atoms with Crippen LogP contribution in [0.25, 0.3) is 0 Å². The quantitative estimate of drug-likeness (QED) is 0.806. The van der Waals surface area contributed by atoms with E-state index in [-0.39, 0.29) is 17.9 Å². The maximum absolute atomic E-state index is 12.0. The van der Waals surface area contributed by atoms with Gasteiger partial charge in [-0.3, -0.25) is 9.59 Å². The van der Waals surface area contributed by atoms with Gasteiger partial charge in [-0.25, -0.2) is 9.69 Å². The van der Waals surface area contributed by atoms with Crippen LogP contribution in [0.3, 0.4) is 0 Å². The van der Waals surface area contributed by atoms with Crippen LogP contribution in [-0.4, -0.2) is 39.6 Å². The SMILES string of the molecule is CC1(C)OC(=O)N([C@H]2CC[C@H](C(=O)O)CC2)C1=O. The molecule has 0 spiro atoms. The first-order valence-corrected chi connectivity index (χ1v) is 6.12. The second-order valence-electron chi connectivity index (χ2n) is 5.40. The van der Waals surface area contributed by atoms with Crippen molar-refractivity contribution in [2.24, 2.45) is 5.92 Å². The van der Waals surface area contributed by atoms with E-state index in [4.69, 9.17) is 9.84 Å². The molecule has 1 saturated carbocycles. The van der Waals surface area contributed by atoms with Gasteiger partial charge < -0.3 is 9.84 Å². The monoisotopic (exact) mass is 255 g/mol. The van der Waals surface area contributed by atoms with Crippen LogP contribution in [0, 0.1) is 5.92 Å². The lowest BCUT2D eigenvalue weighted by atomic mass is 9.85. The lowest BCUT2D eigenvalue weighted by Gasteiger charge is -2.30. The standard InChI is InChI=1S/C12H17NO5/c1-12(2)10(16)13(11(17)18-12)8-5-3-7(4-6-8)9(14)15/h7-8H,3-6H2,1-2H3,(H,14,15)/t7-,8-. The van der Waals surface area contributed by atoms with Gasteiger partial charge in [0.1, 0.15) is 0 Å². The summed E-state index contributed by atoms with van der Waals surface area (Å²) in [5.74, 6) is -1.49. The number of cyclic esters (lactones) is 1. The highest BCUT2D eigenvalue weighted by Crippen LogP contribution is 2.33. The Morgan fingerprint density at radius 2 is 1.83 bits per heavy atom. The molecule has 0 aromatic carbocycles. The average molecular weight is 255 g/mol. The Morgan fingerprint density at radius 3 is 2.22 bits per heavy atom. The number of carboxylic acid groups (broad SMARTS) is 1. The molecule has 18 heavy (non-hydrogen) atoms. The summed E-state index contributed by atoms with van der Waals surface area (Å²) in [5, 5.41) is 8.90. The van der Waals surface area contributed by atoms with Gasteiger partial charge in [-0.1, -0.05) is 0 Å². The lowest BCUT2D eigenvalue weighted by molar-refractivity contribution is -0.143. The van der Waals surface area contributed by atoms with Gasteiger partial charge in [-0.2, -0.15) is 0 Å². The van der Waals surface area contributed by atoms with Crippen molar-refractivity contribution in [2.45, 2.75) is 51.2 Å². The molecule has 100 valence electrons. The number of amides is 2. The minimum Gasteiger partial charge on any atom is -0.481 e. The van der Waals surface area contributed by atoms with Crippen molar-refractivity contribution in [1.82, 2.24) is 4.90 Å². The molecule has 0 atom stereocenters. The van der Waals surface area contributed by atoms with Crippen LogP contribution in [-0.2, 0) is 14.3 Å². The van der Waals surface area contributed by atoms with E-state index in [9.17, 15) is 14.4 Å². The first-order valence-electron chi connectivity index (χ1n) is 6.12. The summed E-state index contributed by atoms with van der Waals surface area (Å²) < 4.78 is 5.02. The highest BCUT2D eigenvalue weighted by atomic mass is 16.6. The van der Waals surface area contributed by atoms with Crippen molar-refractivity contribution < 1.29 is 24.2 Å². The maximum Gasteiger partial charge on any atom is 0.417 e. The molecule has 0 aromatic rings. The molecule has 1 heterocycles. The van der Waals surface area contributed by atoms with E-state index in [0.717, 1.165) is 4.90 Å². The van der Waals surface area contributed by atoms with Gasteiger partial charge >= 0.3 is 12.1 Å². The fourth-order valence-corrected chi connectivity index (χ4v) is 2.58. The van der Waals surface area contributed by atoms with Gasteiger partial charge in [0.2, 0.25) is 0 Å². The number of hydrogen-bond acceptors (Lipinski definition) is 4. The highest BCUT2D eigenvalue weighted by Gasteiger charge is 2.50. The summed E-state index contributed by atoms with van der Waals surface area (Å²) >= 11 is 0. The zero-order valence-electron chi connectivity index (χ0n) is 10.5. The topological polar surface area (TPSA) is 83.9 Å². The molecule has 6 nitrogen and oxygen atoms in total. The van der Waals surface area contributed by atoms with Gasteiger partial charge in [-0.05, 0) is 39.5 Å². The molecule has 1 aliphatic heterocycles. The Morgan fingerprint density at radius 1 is 1.28 bits per heavy atom. The van der Waals surface area contributed by atoms with E-state index >= 15 is 0 Å². The van der Waals surface area contributed by atoms with Crippen molar-refractivity contribution in [3.63, 3.8) is 0 Å². The van der Waals surface area contributed by atoms with Crippen molar-refractivity contribution >= 4 is 18.0 Å². The smallest absolute Gasteiger partial charge is 0.417 e. The van der Waals surface area contributed by atoms with E-state index in [1.54, 1.807) is 13.8 Å². The van der Waals surface area contributed by atoms with E-state index in [1.165, 1.54) is 0 Å². The maximum atomic E-state index is 12.0. The Balaban J connectivity index is 2.04. The average Bonchev–Trinajstić information content (AvgIpc) is 2.48. The Labute approximate surface area is 105 Å². The molecule has 1 saturated heterocycles. The molecule has 0 radical (unpaired) electrons. The molecule has 6 heteroatoms. The number of carbonyl (C=O) groups excluding carboxylic acids is 2. The normalized spacial score (nSPS) is 31.3. The summed E-state index contributed by atoms with van der Waals surface area (Å²) in [5.41, 5.74) is -1.10. The zero-order valence-corrected chi connectivity index (χ0v) is 10.5. The van der Waals surface area contributed by atoms with Crippen LogP contribution < -0.4 is 0 Å². The third-order valence-electron chi connectivity index (χ3n) is 3.68. The fraction of sp³-hybridized carbons (Fsp3) is 0.750. The van der Waals surface area contributed by atoms with Crippen molar-refractivity contribution in [3.8, 4) is 0 Å². The highest BCUT2D eigenvalue weighted by molar-refractivity contribution is 6.02. The number of nitrogens with zero attached hydrogens (tertiary/aromatic N) is 1. The Kier molecular flexibility index (Phi) is 3.04. The summed E-state index contributed by atoms with van der Waals surface area (Å²) in [6, 6.07) is -0.220. The van der Waals surface area contributed by atoms with Crippen LogP contribution in [0.2, 0.25) is 0 Å². The minimum absolute atomic E-state index is 0.220. The summed E-state index contributed by atoms with van der Waals surface area (Å²) in [4.78, 5) is 35.7. The second kappa shape index (κ2) is 4.26. The van der Waals surface area contributed by atoms with Crippen LogP contribution in [0.15, 0.2) is 0 Å². The molecule has 2 amide bonds. The van der Waals surface area contributed by atoms with E-state index in [1.807, 2.05) is 0 Å². The van der Waals surface area contributed by atoms with E-state index in [0.29, 0.717) is 25.7 Å². The Hall–Kier alpha value is -1.59. The number of ether oxygens (including phenoxy) is 1. The zero-order chi connectivity index (χ0) is 13.5. The van der Waals surface area contributed by atoms with Crippen LogP contribution in [0.5, 0.6) is 0 Å². The molecule has 1 N–H and O–H groups in total. The molecule has 0 aromatic heterocycles. The first kappa shape index (κ1) is 12.9. The van der Waals surface area contributed by atoms with E-state index in [2.05, 4.69) is 0 Å². The van der Waals surface area contributed by atoms with Gasteiger partial charge in [0, 0.05) is 6.04 Å². The number of aliphatic carboxylic acids is 1. The summed E-state index contributed by atoms with van der Waals surface area (Å²) in [6.45, 7) is 3.13. The molecular weight excluding hydrogens is 238 g/mol. The number of hydrogen-bond donors (Lipinski definition) is 1. The van der Waals surface area contributed by atoms with Gasteiger partial charge in [0.05, 0.1) is 5.92 Å².